The van der Waals surface area contributed by atoms with E-state index in [2.05, 4.69) is 4.98 Å². The van der Waals surface area contributed by atoms with Crippen LogP contribution in [0.5, 0.6) is 0 Å². The van der Waals surface area contributed by atoms with Crippen molar-refractivity contribution in [3.05, 3.63) is 34.5 Å². The van der Waals surface area contributed by atoms with Crippen molar-refractivity contribution in [3.63, 3.8) is 0 Å². The topological polar surface area (TPSA) is 38.9 Å². The Hall–Kier alpha value is -1.06. The second-order valence-electron chi connectivity index (χ2n) is 3.43. The van der Waals surface area contributed by atoms with Crippen LogP contribution in [0.15, 0.2) is 18.2 Å². The predicted octanol–water partition coefficient (Wildman–Crippen LogP) is 3.66. The Morgan fingerprint density at radius 3 is 2.60 bits per heavy atom. The number of benzene rings is 1. The molecule has 0 unspecified atom stereocenters. The molecule has 0 fully saturated rings. The van der Waals surface area contributed by atoms with Gasteiger partial charge in [-0.15, -0.1) is 0 Å². The van der Waals surface area contributed by atoms with E-state index in [0.717, 1.165) is 31.9 Å². The smallest absolute Gasteiger partial charge is 0.125 e. The molecule has 0 aliphatic heterocycles. The molecule has 2 rings (SSSR count). The molecule has 1 aromatic heterocycles. The summed E-state index contributed by atoms with van der Waals surface area (Å²) in [5.74, 6) is 0. The number of thiazole rings is 1. The third-order valence-electron chi connectivity index (χ3n) is 2.25. The molecule has 0 saturated heterocycles. The van der Waals surface area contributed by atoms with Crippen molar-refractivity contribution in [1.29, 1.82) is 0 Å². The first kappa shape index (κ1) is 10.5. The summed E-state index contributed by atoms with van der Waals surface area (Å²) in [5, 5.41) is 2.48. The maximum absolute atomic E-state index is 5.90. The van der Waals surface area contributed by atoms with Crippen LogP contribution in [0.25, 0.3) is 10.6 Å². The maximum atomic E-state index is 5.90. The molecule has 78 valence electrons. The Labute approximate surface area is 97.7 Å². The summed E-state index contributed by atoms with van der Waals surface area (Å²) in [6.07, 6.45) is 0. The van der Waals surface area contributed by atoms with E-state index in [1.165, 1.54) is 11.3 Å². The Morgan fingerprint density at radius 2 is 2.07 bits per heavy atom. The van der Waals surface area contributed by atoms with Crippen LogP contribution in [0, 0.1) is 13.8 Å². The summed E-state index contributed by atoms with van der Waals surface area (Å²) in [7, 11) is 0. The lowest BCUT2D eigenvalue weighted by atomic mass is 10.1. The molecule has 2 nitrogen and oxygen atoms in total. The highest BCUT2D eigenvalue weighted by molar-refractivity contribution is 7.18. The Balaban J connectivity index is 2.54. The third-order valence-corrected chi connectivity index (χ3v) is 3.51. The molecular weight excluding hydrogens is 228 g/mol. The second kappa shape index (κ2) is 3.83. The summed E-state index contributed by atoms with van der Waals surface area (Å²) in [6.45, 7) is 3.94. The minimum atomic E-state index is 0.748. The van der Waals surface area contributed by atoms with Crippen LogP contribution in [0.3, 0.4) is 0 Å². The molecule has 15 heavy (non-hydrogen) atoms. The summed E-state index contributed by atoms with van der Waals surface area (Å²) in [6, 6.07) is 5.79. The van der Waals surface area contributed by atoms with Gasteiger partial charge in [0, 0.05) is 10.6 Å². The highest BCUT2D eigenvalue weighted by Crippen LogP contribution is 2.32. The Kier molecular flexibility index (Phi) is 2.67. The van der Waals surface area contributed by atoms with Gasteiger partial charge in [-0.3, -0.25) is 0 Å². The van der Waals surface area contributed by atoms with E-state index in [0.29, 0.717) is 0 Å². The van der Waals surface area contributed by atoms with Crippen LogP contribution in [0.4, 0.5) is 5.00 Å². The first-order valence-corrected chi connectivity index (χ1v) is 5.77. The third kappa shape index (κ3) is 1.98. The van der Waals surface area contributed by atoms with E-state index in [4.69, 9.17) is 17.3 Å². The summed E-state index contributed by atoms with van der Waals surface area (Å²) in [5.41, 5.74) is 8.90. The van der Waals surface area contributed by atoms with Gasteiger partial charge in [-0.1, -0.05) is 29.0 Å². The van der Waals surface area contributed by atoms with Gasteiger partial charge >= 0.3 is 0 Å². The summed E-state index contributed by atoms with van der Waals surface area (Å²) >= 11 is 7.41. The normalized spacial score (nSPS) is 10.6. The number of aryl methyl sites for hydroxylation is 2. The molecule has 2 aromatic rings. The lowest BCUT2D eigenvalue weighted by Crippen LogP contribution is -1.83. The number of halogens is 1. The van der Waals surface area contributed by atoms with Crippen LogP contribution in [-0.4, -0.2) is 4.98 Å². The SMILES string of the molecule is Cc1cc(Cl)ccc1-c1nc(C)c(N)s1. The van der Waals surface area contributed by atoms with Gasteiger partial charge in [0.25, 0.3) is 0 Å². The lowest BCUT2D eigenvalue weighted by molar-refractivity contribution is 1.26. The number of rotatable bonds is 1. The molecule has 4 heteroatoms. The molecule has 0 amide bonds. The van der Waals surface area contributed by atoms with Crippen LogP contribution in [0.2, 0.25) is 5.02 Å². The lowest BCUT2D eigenvalue weighted by Gasteiger charge is -2.01. The molecule has 2 N–H and O–H groups in total. The predicted molar refractivity (Wildman–Crippen MR) is 66.4 cm³/mol. The number of aromatic nitrogens is 1. The molecule has 0 spiro atoms. The highest BCUT2D eigenvalue weighted by Gasteiger charge is 2.09. The standard InChI is InChI=1S/C11H11ClN2S/c1-6-5-8(12)3-4-9(6)11-14-7(2)10(13)15-11/h3-5H,13H2,1-2H3. The summed E-state index contributed by atoms with van der Waals surface area (Å²) in [4.78, 5) is 4.42. The molecule has 0 bridgehead atoms. The van der Waals surface area contributed by atoms with Crippen molar-refractivity contribution in [2.75, 3.05) is 5.73 Å². The second-order valence-corrected chi connectivity index (χ2v) is 4.90. The van der Waals surface area contributed by atoms with Gasteiger partial charge in [0.15, 0.2) is 0 Å². The van der Waals surface area contributed by atoms with Crippen molar-refractivity contribution < 1.29 is 0 Å². The van der Waals surface area contributed by atoms with Crippen LogP contribution < -0.4 is 5.73 Å². The fraction of sp³-hybridized carbons (Fsp3) is 0.182. The molecule has 0 aliphatic rings. The van der Waals surface area contributed by atoms with Crippen molar-refractivity contribution in [1.82, 2.24) is 4.98 Å². The van der Waals surface area contributed by atoms with E-state index >= 15 is 0 Å². The van der Waals surface area contributed by atoms with E-state index in [-0.39, 0.29) is 0 Å². The number of nitrogen functional groups attached to an aromatic ring is 1. The monoisotopic (exact) mass is 238 g/mol. The van der Waals surface area contributed by atoms with Gasteiger partial charge in [0.2, 0.25) is 0 Å². The van der Waals surface area contributed by atoms with Crippen molar-refractivity contribution in [2.24, 2.45) is 0 Å². The van der Waals surface area contributed by atoms with Gasteiger partial charge in [-0.05, 0) is 31.5 Å². The van der Waals surface area contributed by atoms with E-state index < -0.39 is 0 Å². The number of nitrogens with zero attached hydrogens (tertiary/aromatic N) is 1. The molecule has 1 aromatic carbocycles. The number of hydrogen-bond acceptors (Lipinski definition) is 3. The number of anilines is 1. The quantitative estimate of drug-likeness (QED) is 0.824. The summed E-state index contributed by atoms with van der Waals surface area (Å²) < 4.78 is 0. The Morgan fingerprint density at radius 1 is 1.33 bits per heavy atom. The zero-order valence-corrected chi connectivity index (χ0v) is 10.1. The molecule has 1 heterocycles. The van der Waals surface area contributed by atoms with Gasteiger partial charge in [0.1, 0.15) is 10.0 Å². The van der Waals surface area contributed by atoms with Crippen LogP contribution in [0.1, 0.15) is 11.3 Å². The largest absolute Gasteiger partial charge is 0.389 e. The first-order chi connectivity index (χ1) is 7.08. The minimum absolute atomic E-state index is 0.748. The zero-order chi connectivity index (χ0) is 11.0. The fourth-order valence-corrected chi connectivity index (χ4v) is 2.54. The van der Waals surface area contributed by atoms with Gasteiger partial charge in [-0.25, -0.2) is 4.98 Å². The molecule has 0 radical (unpaired) electrons. The molecule has 0 atom stereocenters. The maximum Gasteiger partial charge on any atom is 0.125 e. The zero-order valence-electron chi connectivity index (χ0n) is 8.54. The van der Waals surface area contributed by atoms with Crippen molar-refractivity contribution in [3.8, 4) is 10.6 Å². The number of nitrogens with two attached hydrogens (primary N) is 1. The average Bonchev–Trinajstić information content (AvgIpc) is 2.46. The van der Waals surface area contributed by atoms with E-state index in [9.17, 15) is 0 Å². The van der Waals surface area contributed by atoms with Gasteiger partial charge in [-0.2, -0.15) is 0 Å². The van der Waals surface area contributed by atoms with Crippen molar-refractivity contribution >= 4 is 27.9 Å². The number of hydrogen-bond donors (Lipinski definition) is 1. The van der Waals surface area contributed by atoms with Gasteiger partial charge < -0.3 is 5.73 Å². The molecule has 0 saturated carbocycles. The van der Waals surface area contributed by atoms with Crippen LogP contribution >= 0.6 is 22.9 Å². The van der Waals surface area contributed by atoms with Crippen molar-refractivity contribution in [2.45, 2.75) is 13.8 Å². The Bertz CT molecular complexity index is 486. The average molecular weight is 239 g/mol. The highest BCUT2D eigenvalue weighted by atomic mass is 35.5. The minimum Gasteiger partial charge on any atom is -0.389 e. The van der Waals surface area contributed by atoms with Gasteiger partial charge in [0.05, 0.1) is 5.69 Å². The first-order valence-electron chi connectivity index (χ1n) is 4.57. The fourth-order valence-electron chi connectivity index (χ4n) is 1.39. The van der Waals surface area contributed by atoms with E-state index in [1.807, 2.05) is 32.0 Å². The molecule has 0 aliphatic carbocycles. The van der Waals surface area contributed by atoms with Crippen LogP contribution in [-0.2, 0) is 0 Å². The molecular formula is C11H11ClN2S. The van der Waals surface area contributed by atoms with E-state index in [1.54, 1.807) is 0 Å².